The van der Waals surface area contributed by atoms with Crippen LogP contribution in [0.3, 0.4) is 0 Å². The molecule has 3 heterocycles. The Bertz CT molecular complexity index is 916. The zero-order chi connectivity index (χ0) is 18.3. The smallest absolute Gasteiger partial charge is 0.268 e. The summed E-state index contributed by atoms with van der Waals surface area (Å²) in [5.41, 5.74) is 3.78. The number of aromatic amines is 1. The van der Waals surface area contributed by atoms with Gasteiger partial charge in [-0.1, -0.05) is 24.3 Å². The molecule has 0 unspecified atom stereocenters. The molecule has 6 heteroatoms. The summed E-state index contributed by atoms with van der Waals surface area (Å²) in [4.78, 5) is 20.5. The van der Waals surface area contributed by atoms with Gasteiger partial charge in [-0.2, -0.15) is 0 Å². The molecule has 0 atom stereocenters. The number of H-pyrrole nitrogens is 1. The Labute approximate surface area is 159 Å². The van der Waals surface area contributed by atoms with Crippen molar-refractivity contribution in [1.29, 1.82) is 0 Å². The number of rotatable bonds is 3. The number of amides is 1. The van der Waals surface area contributed by atoms with E-state index >= 15 is 0 Å². The number of hydrogen-bond donors (Lipinski definition) is 2. The molecule has 0 radical (unpaired) electrons. The largest absolute Gasteiger partial charge is 0.348 e. The Balaban J connectivity index is 1.49. The third-order valence-electron chi connectivity index (χ3n) is 5.17. The fourth-order valence-corrected chi connectivity index (χ4v) is 6.54. The molecule has 4 rings (SSSR count). The molecule has 1 fully saturated rings. The topological polar surface area (TPSA) is 57.8 Å². The molecule has 0 spiro atoms. The Morgan fingerprint density at radius 1 is 1.27 bits per heavy atom. The van der Waals surface area contributed by atoms with E-state index in [1.165, 1.54) is 17.1 Å². The van der Waals surface area contributed by atoms with Crippen molar-refractivity contribution in [2.24, 2.45) is 0 Å². The van der Waals surface area contributed by atoms with Crippen LogP contribution in [0.5, 0.6) is 0 Å². The first-order chi connectivity index (χ1) is 12.4. The number of benzene rings is 1. The van der Waals surface area contributed by atoms with Crippen LogP contribution in [0, 0.1) is 6.92 Å². The van der Waals surface area contributed by atoms with Crippen molar-refractivity contribution >= 4 is 37.6 Å². The van der Waals surface area contributed by atoms with Gasteiger partial charge in [-0.3, -0.25) is 4.79 Å². The summed E-state index contributed by atoms with van der Waals surface area (Å²) in [6.45, 7) is 2.09. The molecule has 2 N–H and O–H groups in total. The molecule has 138 valence electrons. The fraction of sp³-hybridized carbons (Fsp3) is 0.400. The van der Waals surface area contributed by atoms with E-state index in [0.717, 1.165) is 33.8 Å². The third kappa shape index (κ3) is 3.53. The molecule has 3 aromatic rings. The van der Waals surface area contributed by atoms with Gasteiger partial charge in [0, 0.05) is 11.6 Å². The van der Waals surface area contributed by atoms with Gasteiger partial charge in [0.05, 0.1) is 4.70 Å². The van der Waals surface area contributed by atoms with E-state index in [1.807, 2.05) is 18.2 Å². The van der Waals surface area contributed by atoms with Crippen molar-refractivity contribution in [3.8, 4) is 10.6 Å². The first-order valence-corrected chi connectivity index (χ1v) is 12.6. The summed E-state index contributed by atoms with van der Waals surface area (Å²) in [6.07, 6.45) is 6.97. The zero-order valence-electron chi connectivity index (χ0n) is 15.5. The summed E-state index contributed by atoms with van der Waals surface area (Å²) in [6, 6.07) is 10.5. The highest BCUT2D eigenvalue weighted by molar-refractivity contribution is 8.32. The van der Waals surface area contributed by atoms with Crippen molar-refractivity contribution in [2.75, 3.05) is 24.0 Å². The predicted octanol–water partition coefficient (Wildman–Crippen LogP) is 4.56. The predicted molar refractivity (Wildman–Crippen MR) is 114 cm³/mol. The molecule has 26 heavy (non-hydrogen) atoms. The maximum atomic E-state index is 12.6. The minimum atomic E-state index is -0.430. The molecule has 1 aliphatic rings. The number of aryl methyl sites for hydroxylation is 1. The molecule has 1 amide bonds. The van der Waals surface area contributed by atoms with Crippen LogP contribution in [-0.2, 0) is 0 Å². The minimum absolute atomic E-state index is 0.00709. The van der Waals surface area contributed by atoms with Crippen molar-refractivity contribution in [3.63, 3.8) is 0 Å². The lowest BCUT2D eigenvalue weighted by Crippen LogP contribution is -2.39. The van der Waals surface area contributed by atoms with Crippen LogP contribution in [0.25, 0.3) is 20.9 Å². The second-order valence-electron chi connectivity index (χ2n) is 7.65. The van der Waals surface area contributed by atoms with Gasteiger partial charge >= 0.3 is 0 Å². The maximum Gasteiger partial charge on any atom is 0.268 e. The Kier molecular flexibility index (Phi) is 4.57. The number of hydrogen-bond acceptors (Lipinski definition) is 3. The van der Waals surface area contributed by atoms with Gasteiger partial charge in [-0.05, 0) is 55.4 Å². The highest BCUT2D eigenvalue weighted by Gasteiger charge is 2.25. The number of aromatic nitrogens is 2. The third-order valence-corrected chi connectivity index (χ3v) is 8.89. The quantitative estimate of drug-likeness (QED) is 0.692. The maximum absolute atomic E-state index is 12.6. The highest BCUT2D eigenvalue weighted by atomic mass is 32.3. The molecule has 0 bridgehead atoms. The van der Waals surface area contributed by atoms with Crippen LogP contribution in [-0.4, -0.2) is 45.9 Å². The molecule has 0 aliphatic carbocycles. The first kappa shape index (κ1) is 17.6. The van der Waals surface area contributed by atoms with Crippen molar-refractivity contribution in [2.45, 2.75) is 25.8 Å². The number of carbonyl (C=O) groups excluding carboxylic acids is 1. The lowest BCUT2D eigenvalue weighted by Gasteiger charge is -2.39. The van der Waals surface area contributed by atoms with E-state index in [4.69, 9.17) is 4.98 Å². The second-order valence-corrected chi connectivity index (χ2v) is 13.0. The second kappa shape index (κ2) is 6.74. The Morgan fingerprint density at radius 3 is 2.69 bits per heavy atom. The van der Waals surface area contributed by atoms with Crippen LogP contribution in [0.4, 0.5) is 0 Å². The van der Waals surface area contributed by atoms with Gasteiger partial charge in [0.1, 0.15) is 16.3 Å². The zero-order valence-corrected chi connectivity index (χ0v) is 17.1. The molecular weight excluding hydrogens is 362 g/mol. The van der Waals surface area contributed by atoms with Gasteiger partial charge in [0.2, 0.25) is 0 Å². The van der Waals surface area contributed by atoms with E-state index in [-0.39, 0.29) is 5.91 Å². The molecule has 1 saturated heterocycles. The lowest BCUT2D eigenvalue weighted by molar-refractivity contribution is 0.0930. The number of fused-ring (bicyclic) bond motifs is 1. The number of nitrogens with one attached hydrogen (secondary N) is 2. The average molecular weight is 388 g/mol. The Hall–Kier alpha value is -1.79. The number of thiazole rings is 1. The molecular formula is C20H25N3OS2. The van der Waals surface area contributed by atoms with E-state index < -0.39 is 10.0 Å². The summed E-state index contributed by atoms with van der Waals surface area (Å²) in [5, 5.41) is 4.19. The highest BCUT2D eigenvalue weighted by Crippen LogP contribution is 2.45. The summed E-state index contributed by atoms with van der Waals surface area (Å²) < 4.78 is 1.03. The van der Waals surface area contributed by atoms with E-state index in [2.05, 4.69) is 41.9 Å². The van der Waals surface area contributed by atoms with Crippen LogP contribution in [0.2, 0.25) is 0 Å². The standard InChI is InChI=1S/C20H25N3OS2/c1-13-6-4-5-7-15(13)20-23-18-17(25-20)12-16(22-18)19(24)21-14-8-10-26(2,3)11-9-14/h4-7,12,14,22H,8-11H2,1-3H3,(H,21,24). The Morgan fingerprint density at radius 2 is 2.00 bits per heavy atom. The summed E-state index contributed by atoms with van der Waals surface area (Å²) in [7, 11) is -0.430. The molecule has 0 saturated carbocycles. The average Bonchev–Trinajstić information content (AvgIpc) is 3.16. The van der Waals surface area contributed by atoms with Gasteiger partial charge in [-0.15, -0.1) is 11.3 Å². The summed E-state index contributed by atoms with van der Waals surface area (Å²) in [5.74, 6) is 2.49. The number of nitrogens with zero attached hydrogens (tertiary/aromatic N) is 1. The van der Waals surface area contributed by atoms with Gasteiger partial charge in [-0.25, -0.2) is 15.0 Å². The van der Waals surface area contributed by atoms with Gasteiger partial charge in [0.25, 0.3) is 5.91 Å². The van der Waals surface area contributed by atoms with E-state index in [1.54, 1.807) is 11.3 Å². The van der Waals surface area contributed by atoms with Crippen molar-refractivity contribution in [1.82, 2.24) is 15.3 Å². The lowest BCUT2D eigenvalue weighted by atomic mass is 10.1. The summed E-state index contributed by atoms with van der Waals surface area (Å²) >= 11 is 1.63. The molecule has 2 aromatic heterocycles. The van der Waals surface area contributed by atoms with E-state index in [0.29, 0.717) is 11.7 Å². The SMILES string of the molecule is Cc1ccccc1-c1nc2[nH]c(C(=O)NC3CCS(C)(C)CC3)cc2s1. The first-order valence-electron chi connectivity index (χ1n) is 8.96. The number of carbonyl (C=O) groups is 1. The van der Waals surface area contributed by atoms with Crippen molar-refractivity contribution in [3.05, 3.63) is 41.6 Å². The van der Waals surface area contributed by atoms with Crippen LogP contribution in [0.1, 0.15) is 28.9 Å². The van der Waals surface area contributed by atoms with Crippen LogP contribution in [0.15, 0.2) is 30.3 Å². The molecule has 1 aromatic carbocycles. The van der Waals surface area contributed by atoms with Gasteiger partial charge in [0.15, 0.2) is 0 Å². The molecule has 1 aliphatic heterocycles. The fourth-order valence-electron chi connectivity index (χ4n) is 3.44. The normalized spacial score (nSPS) is 18.7. The van der Waals surface area contributed by atoms with E-state index in [9.17, 15) is 4.79 Å². The van der Waals surface area contributed by atoms with Crippen LogP contribution < -0.4 is 5.32 Å². The van der Waals surface area contributed by atoms with Crippen LogP contribution >= 0.6 is 21.4 Å². The van der Waals surface area contributed by atoms with Crippen molar-refractivity contribution < 1.29 is 4.79 Å². The van der Waals surface area contributed by atoms with Gasteiger partial charge < -0.3 is 10.3 Å². The minimum Gasteiger partial charge on any atom is -0.348 e. The monoisotopic (exact) mass is 387 g/mol. The molecule has 4 nitrogen and oxygen atoms in total.